The minimum absolute atomic E-state index is 0.0386. The van der Waals surface area contributed by atoms with Crippen LogP contribution in [-0.2, 0) is 21.3 Å². The van der Waals surface area contributed by atoms with Gasteiger partial charge in [-0.2, -0.15) is 9.29 Å². The van der Waals surface area contributed by atoms with Crippen LogP contribution in [0.4, 0.5) is 0 Å². The molecule has 0 unspecified atom stereocenters. The Morgan fingerprint density at radius 3 is 2.26 bits per heavy atom. The molecule has 270 valence electrons. The van der Waals surface area contributed by atoms with Crippen LogP contribution >= 0.6 is 0 Å². The van der Waals surface area contributed by atoms with Gasteiger partial charge < -0.3 is 26.5 Å². The summed E-state index contributed by atoms with van der Waals surface area (Å²) in [5.74, 6) is 0. The Labute approximate surface area is 294 Å². The van der Waals surface area contributed by atoms with Crippen molar-refractivity contribution >= 4 is 21.1 Å². The number of benzene rings is 2. The van der Waals surface area contributed by atoms with Crippen LogP contribution in [-0.4, -0.2) is 122 Å². The van der Waals surface area contributed by atoms with Crippen LogP contribution in [0, 0.1) is 0 Å². The van der Waals surface area contributed by atoms with E-state index in [1.165, 1.54) is 0 Å². The van der Waals surface area contributed by atoms with Crippen LogP contribution in [0.25, 0.3) is 28.0 Å². The average Bonchev–Trinajstić information content (AvgIpc) is 3.56. The van der Waals surface area contributed by atoms with Crippen molar-refractivity contribution in [2.75, 3.05) is 78.7 Å². The van der Waals surface area contributed by atoms with Crippen LogP contribution in [0.15, 0.2) is 70.5 Å². The summed E-state index contributed by atoms with van der Waals surface area (Å²) in [6.07, 6.45) is 5.23. The third kappa shape index (κ3) is 8.87. The monoisotopic (exact) mass is 705 g/mol. The van der Waals surface area contributed by atoms with Crippen molar-refractivity contribution in [2.24, 2.45) is 11.5 Å². The van der Waals surface area contributed by atoms with E-state index < -0.39 is 10.0 Å². The maximum atomic E-state index is 14.1. The van der Waals surface area contributed by atoms with Gasteiger partial charge in [0.15, 0.2) is 0 Å². The molecule has 0 atom stereocenters. The molecule has 2 aromatic carbocycles. The van der Waals surface area contributed by atoms with E-state index in [1.54, 1.807) is 27.2 Å². The first-order valence-electron chi connectivity index (χ1n) is 17.8. The van der Waals surface area contributed by atoms with E-state index in [1.807, 2.05) is 42.5 Å². The molecule has 13 nitrogen and oxygen atoms in total. The zero-order valence-electron chi connectivity index (χ0n) is 28.8. The summed E-state index contributed by atoms with van der Waals surface area (Å²) in [6.45, 7) is 9.67. The van der Waals surface area contributed by atoms with Crippen molar-refractivity contribution in [3.05, 3.63) is 76.8 Å². The highest BCUT2D eigenvalue weighted by molar-refractivity contribution is 7.89. The molecule has 2 aliphatic heterocycles. The van der Waals surface area contributed by atoms with Crippen molar-refractivity contribution in [3.8, 4) is 16.9 Å². The van der Waals surface area contributed by atoms with Gasteiger partial charge in [-0.05, 0) is 106 Å². The van der Waals surface area contributed by atoms with E-state index >= 15 is 0 Å². The minimum atomic E-state index is -3.72. The van der Waals surface area contributed by atoms with Gasteiger partial charge in [-0.15, -0.1) is 0 Å². The van der Waals surface area contributed by atoms with Gasteiger partial charge in [-0.3, -0.25) is 14.4 Å². The molecule has 2 aliphatic rings. The summed E-state index contributed by atoms with van der Waals surface area (Å²) in [5.41, 5.74) is 15.0. The summed E-state index contributed by atoms with van der Waals surface area (Å²) in [4.78, 5) is 25.6. The van der Waals surface area contributed by atoms with Gasteiger partial charge in [-0.25, -0.2) is 13.2 Å². The number of H-pyrrole nitrogens is 1. The SMILES string of the molecule is NCCCN(CCCN)Cc1ccc(-n2cc3cc(-c4ccc(S(=O)(=O)N(CCN5CCOCC5)C5CCNCC5)cc4)[nH]c3nc2=O)cc1. The molecule has 0 saturated carbocycles. The van der Waals surface area contributed by atoms with Gasteiger partial charge in [0.2, 0.25) is 10.0 Å². The van der Waals surface area contributed by atoms with E-state index in [0.717, 1.165) is 99.4 Å². The molecule has 0 radical (unpaired) electrons. The van der Waals surface area contributed by atoms with E-state index in [-0.39, 0.29) is 16.6 Å². The number of hydrogen-bond donors (Lipinski definition) is 4. The second-order valence-electron chi connectivity index (χ2n) is 13.2. The number of sulfonamides is 1. The van der Waals surface area contributed by atoms with E-state index in [9.17, 15) is 13.2 Å². The number of rotatable bonds is 16. The summed E-state index contributed by atoms with van der Waals surface area (Å²) >= 11 is 0. The van der Waals surface area contributed by atoms with Crippen molar-refractivity contribution in [1.82, 2.24) is 34.0 Å². The van der Waals surface area contributed by atoms with E-state index in [4.69, 9.17) is 16.2 Å². The smallest absolute Gasteiger partial charge is 0.354 e. The lowest BCUT2D eigenvalue weighted by Gasteiger charge is -2.36. The van der Waals surface area contributed by atoms with Crippen molar-refractivity contribution in [3.63, 3.8) is 0 Å². The third-order valence-corrected chi connectivity index (χ3v) is 11.7. The molecular weight excluding hydrogens is 655 g/mol. The number of piperidine rings is 1. The zero-order chi connectivity index (χ0) is 34.9. The summed E-state index contributed by atoms with van der Waals surface area (Å²) in [5, 5.41) is 4.13. The summed E-state index contributed by atoms with van der Waals surface area (Å²) < 4.78 is 36.9. The largest absolute Gasteiger partial charge is 0.379 e. The van der Waals surface area contributed by atoms with Crippen molar-refractivity contribution in [1.29, 1.82) is 0 Å². The number of nitrogens with two attached hydrogens (primary N) is 2. The first kappa shape index (κ1) is 36.3. The Morgan fingerprint density at radius 2 is 1.60 bits per heavy atom. The average molecular weight is 706 g/mol. The highest BCUT2D eigenvalue weighted by atomic mass is 32.2. The van der Waals surface area contributed by atoms with Crippen LogP contribution in [0.5, 0.6) is 0 Å². The van der Waals surface area contributed by atoms with E-state index in [0.29, 0.717) is 45.0 Å². The number of fused-ring (bicyclic) bond motifs is 1. The Balaban J connectivity index is 1.18. The summed E-state index contributed by atoms with van der Waals surface area (Å²) in [7, 11) is -3.72. The van der Waals surface area contributed by atoms with Crippen LogP contribution in [0.1, 0.15) is 31.2 Å². The minimum Gasteiger partial charge on any atom is -0.379 e. The molecule has 2 fully saturated rings. The molecule has 2 aromatic heterocycles. The van der Waals surface area contributed by atoms with Gasteiger partial charge in [0, 0.05) is 56.0 Å². The number of aromatic nitrogens is 3. The van der Waals surface area contributed by atoms with Gasteiger partial charge in [0.1, 0.15) is 5.65 Å². The second-order valence-corrected chi connectivity index (χ2v) is 15.1. The standard InChI is InChI=1S/C36H51N9O4S/c37-13-1-17-43(18-2-14-38)26-28-3-7-31(8-4-28)44-27-30-25-34(40-35(30)41-36(44)46)29-5-9-33(10-6-29)50(47,48)45(32-11-15-39-16-12-32)20-19-42-21-23-49-24-22-42/h3-10,25,27,32,39H,1-2,11-24,26,37-38H2,(H,40,41,46). The fourth-order valence-electron chi connectivity index (χ4n) is 6.86. The summed E-state index contributed by atoms with van der Waals surface area (Å²) in [6, 6.07) is 16.8. The zero-order valence-corrected chi connectivity index (χ0v) is 29.6. The lowest BCUT2D eigenvalue weighted by atomic mass is 10.1. The lowest BCUT2D eigenvalue weighted by Crippen LogP contribution is -2.49. The third-order valence-electron chi connectivity index (χ3n) is 9.71. The van der Waals surface area contributed by atoms with Crippen molar-refractivity contribution in [2.45, 2.75) is 43.2 Å². The number of nitrogens with one attached hydrogen (secondary N) is 2. The maximum absolute atomic E-state index is 14.1. The predicted octanol–water partition coefficient (Wildman–Crippen LogP) is 1.96. The molecule has 6 rings (SSSR count). The number of morpholine rings is 1. The normalized spacial score (nSPS) is 16.6. The Morgan fingerprint density at radius 1 is 0.920 bits per heavy atom. The quantitative estimate of drug-likeness (QED) is 0.135. The number of aromatic amines is 1. The highest BCUT2D eigenvalue weighted by Gasteiger charge is 2.32. The molecule has 4 aromatic rings. The van der Waals surface area contributed by atoms with Gasteiger partial charge >= 0.3 is 5.69 Å². The molecule has 2 saturated heterocycles. The Bertz CT molecular complexity index is 1820. The lowest BCUT2D eigenvalue weighted by molar-refractivity contribution is 0.0349. The first-order chi connectivity index (χ1) is 24.4. The maximum Gasteiger partial charge on any atom is 0.354 e. The number of hydrogen-bond acceptors (Lipinski definition) is 10. The molecule has 6 N–H and O–H groups in total. The molecule has 14 heteroatoms. The molecule has 4 heterocycles. The van der Waals surface area contributed by atoms with Crippen molar-refractivity contribution < 1.29 is 13.2 Å². The van der Waals surface area contributed by atoms with Gasteiger partial charge in [0.05, 0.1) is 23.8 Å². The van der Waals surface area contributed by atoms with Gasteiger partial charge in [-0.1, -0.05) is 24.3 Å². The molecular formula is C36H51N9O4S. The molecule has 0 bridgehead atoms. The molecule has 50 heavy (non-hydrogen) atoms. The number of nitrogens with zero attached hydrogens (tertiary/aromatic N) is 5. The highest BCUT2D eigenvalue weighted by Crippen LogP contribution is 2.27. The topological polar surface area (TPSA) is 168 Å². The number of ether oxygens (including phenoxy) is 1. The first-order valence-corrected chi connectivity index (χ1v) is 19.3. The van der Waals surface area contributed by atoms with Crippen LogP contribution in [0.2, 0.25) is 0 Å². The predicted molar refractivity (Wildman–Crippen MR) is 197 cm³/mol. The van der Waals surface area contributed by atoms with Crippen LogP contribution in [0.3, 0.4) is 0 Å². The Kier molecular flexibility index (Phi) is 12.5. The molecule has 0 amide bonds. The fourth-order valence-corrected chi connectivity index (χ4v) is 8.53. The second kappa shape index (κ2) is 17.2. The molecule has 0 aliphatic carbocycles. The molecule has 0 spiro atoms. The van der Waals surface area contributed by atoms with E-state index in [2.05, 4.69) is 25.1 Å². The Hall–Kier alpha value is -3.47. The van der Waals surface area contributed by atoms with Crippen LogP contribution < -0.4 is 22.5 Å². The van der Waals surface area contributed by atoms with Gasteiger partial charge in [0.25, 0.3) is 0 Å². The fraction of sp³-hybridized carbons (Fsp3) is 0.500.